The lowest BCUT2D eigenvalue weighted by Gasteiger charge is -2.01. The summed E-state index contributed by atoms with van der Waals surface area (Å²) in [6, 6.07) is 10.8. The molecule has 2 rings (SSSR count). The third-order valence-corrected chi connectivity index (χ3v) is 3.07. The minimum absolute atomic E-state index is 0.940. The summed E-state index contributed by atoms with van der Waals surface area (Å²) in [5, 5.41) is 3.43. The number of hydrogen-bond acceptors (Lipinski definition) is 1. The maximum atomic E-state index is 3.43. The fourth-order valence-electron chi connectivity index (χ4n) is 2.06. The van der Waals surface area contributed by atoms with Gasteiger partial charge < -0.3 is 5.32 Å². The van der Waals surface area contributed by atoms with Gasteiger partial charge in [0.25, 0.3) is 0 Å². The van der Waals surface area contributed by atoms with Crippen molar-refractivity contribution < 1.29 is 0 Å². The van der Waals surface area contributed by atoms with Gasteiger partial charge in [0.1, 0.15) is 0 Å². The van der Waals surface area contributed by atoms with E-state index in [-0.39, 0.29) is 0 Å². The van der Waals surface area contributed by atoms with Gasteiger partial charge in [-0.1, -0.05) is 37.3 Å². The lowest BCUT2D eigenvalue weighted by atomic mass is 10.1. The lowest BCUT2D eigenvalue weighted by molar-refractivity contribution is 0.612. The molecule has 1 fully saturated rings. The molecule has 14 heavy (non-hydrogen) atoms. The molecule has 0 amide bonds. The predicted octanol–water partition coefficient (Wildman–Crippen LogP) is 2.47. The van der Waals surface area contributed by atoms with Gasteiger partial charge in [0.05, 0.1) is 0 Å². The Labute approximate surface area is 86.5 Å². The lowest BCUT2D eigenvalue weighted by Crippen LogP contribution is -2.16. The van der Waals surface area contributed by atoms with Gasteiger partial charge in [0.2, 0.25) is 0 Å². The second-order valence-electron chi connectivity index (χ2n) is 4.25. The molecule has 1 nitrogen and oxygen atoms in total. The van der Waals surface area contributed by atoms with Crippen LogP contribution in [-0.4, -0.2) is 13.1 Å². The quantitative estimate of drug-likeness (QED) is 0.750. The first kappa shape index (κ1) is 9.72. The van der Waals surface area contributed by atoms with Gasteiger partial charge in [-0.2, -0.15) is 0 Å². The van der Waals surface area contributed by atoms with Gasteiger partial charge in [-0.05, 0) is 43.3 Å². The van der Waals surface area contributed by atoms with Crippen LogP contribution in [0.25, 0.3) is 0 Å². The Kier molecular flexibility index (Phi) is 3.20. The van der Waals surface area contributed by atoms with Crippen molar-refractivity contribution in [2.24, 2.45) is 11.8 Å². The van der Waals surface area contributed by atoms with Crippen molar-refractivity contribution in [3.63, 3.8) is 0 Å². The highest BCUT2D eigenvalue weighted by atomic mass is 14.9. The van der Waals surface area contributed by atoms with Crippen LogP contribution >= 0.6 is 0 Å². The first-order chi connectivity index (χ1) is 6.90. The van der Waals surface area contributed by atoms with E-state index in [0.29, 0.717) is 0 Å². The summed E-state index contributed by atoms with van der Waals surface area (Å²) in [5.74, 6) is 1.88. The molecule has 0 heterocycles. The Bertz CT molecular complexity index is 268. The molecule has 1 saturated carbocycles. The molecule has 2 unspecified atom stereocenters. The van der Waals surface area contributed by atoms with Gasteiger partial charge in [-0.3, -0.25) is 0 Å². The first-order valence-electron chi connectivity index (χ1n) is 5.64. The smallest absolute Gasteiger partial charge is 0.00178 e. The van der Waals surface area contributed by atoms with Crippen molar-refractivity contribution in [3.05, 3.63) is 35.9 Å². The zero-order valence-electron chi connectivity index (χ0n) is 8.87. The summed E-state index contributed by atoms with van der Waals surface area (Å²) >= 11 is 0. The normalized spacial score (nSPS) is 24.9. The Morgan fingerprint density at radius 3 is 2.71 bits per heavy atom. The van der Waals surface area contributed by atoms with Gasteiger partial charge in [-0.25, -0.2) is 0 Å². The van der Waals surface area contributed by atoms with E-state index in [9.17, 15) is 0 Å². The molecule has 1 N–H and O–H groups in total. The van der Waals surface area contributed by atoms with Crippen molar-refractivity contribution >= 4 is 0 Å². The standard InChI is InChI=1S/C13H19N/c1-2-14-10-13-9-12(13)8-11-6-4-3-5-7-11/h3-7,12-14H,2,8-10H2,1H3. The van der Waals surface area contributed by atoms with Crippen LogP contribution in [0.4, 0.5) is 0 Å². The fourth-order valence-corrected chi connectivity index (χ4v) is 2.06. The van der Waals surface area contributed by atoms with Crippen LogP contribution < -0.4 is 5.32 Å². The number of hydrogen-bond donors (Lipinski definition) is 1. The fraction of sp³-hybridized carbons (Fsp3) is 0.538. The molecule has 0 spiro atoms. The number of benzene rings is 1. The molecule has 1 aromatic carbocycles. The molecule has 1 aromatic rings. The second kappa shape index (κ2) is 4.61. The highest BCUT2D eigenvalue weighted by Crippen LogP contribution is 2.40. The molecule has 1 heteroatoms. The van der Waals surface area contributed by atoms with E-state index in [1.54, 1.807) is 0 Å². The van der Waals surface area contributed by atoms with Crippen molar-refractivity contribution in [3.8, 4) is 0 Å². The third kappa shape index (κ3) is 2.58. The number of rotatable bonds is 5. The molecule has 1 aliphatic carbocycles. The van der Waals surface area contributed by atoms with Crippen molar-refractivity contribution in [1.29, 1.82) is 0 Å². The van der Waals surface area contributed by atoms with Crippen molar-refractivity contribution in [2.45, 2.75) is 19.8 Å². The average molecular weight is 189 g/mol. The van der Waals surface area contributed by atoms with Gasteiger partial charge in [0, 0.05) is 0 Å². The van der Waals surface area contributed by atoms with E-state index in [1.165, 1.54) is 24.9 Å². The van der Waals surface area contributed by atoms with E-state index < -0.39 is 0 Å². The largest absolute Gasteiger partial charge is 0.317 e. The van der Waals surface area contributed by atoms with Crippen LogP contribution in [0.1, 0.15) is 18.9 Å². The summed E-state index contributed by atoms with van der Waals surface area (Å²) < 4.78 is 0. The summed E-state index contributed by atoms with van der Waals surface area (Å²) in [5.41, 5.74) is 1.50. The Morgan fingerprint density at radius 1 is 1.21 bits per heavy atom. The summed E-state index contributed by atoms with van der Waals surface area (Å²) in [4.78, 5) is 0. The summed E-state index contributed by atoms with van der Waals surface area (Å²) in [7, 11) is 0. The average Bonchev–Trinajstić information content (AvgIpc) is 2.95. The van der Waals surface area contributed by atoms with Crippen molar-refractivity contribution in [1.82, 2.24) is 5.32 Å². The van der Waals surface area contributed by atoms with Crippen LogP contribution in [0.3, 0.4) is 0 Å². The van der Waals surface area contributed by atoms with Gasteiger partial charge >= 0.3 is 0 Å². The van der Waals surface area contributed by atoms with E-state index in [2.05, 4.69) is 42.6 Å². The molecular weight excluding hydrogens is 170 g/mol. The Balaban J connectivity index is 1.74. The maximum absolute atomic E-state index is 3.43. The third-order valence-electron chi connectivity index (χ3n) is 3.07. The molecule has 0 aliphatic heterocycles. The molecule has 0 saturated heterocycles. The second-order valence-corrected chi connectivity index (χ2v) is 4.25. The molecule has 1 aliphatic rings. The van der Waals surface area contributed by atoms with Crippen LogP contribution in [0, 0.1) is 11.8 Å². The topological polar surface area (TPSA) is 12.0 Å². The van der Waals surface area contributed by atoms with E-state index >= 15 is 0 Å². The van der Waals surface area contributed by atoms with Crippen LogP contribution in [0.2, 0.25) is 0 Å². The van der Waals surface area contributed by atoms with Gasteiger partial charge in [-0.15, -0.1) is 0 Å². The summed E-state index contributed by atoms with van der Waals surface area (Å²) in [6.45, 7) is 4.50. The predicted molar refractivity (Wildman–Crippen MR) is 60.3 cm³/mol. The molecule has 0 bridgehead atoms. The molecule has 76 valence electrons. The van der Waals surface area contributed by atoms with E-state index in [0.717, 1.165) is 18.4 Å². The number of nitrogens with one attached hydrogen (secondary N) is 1. The highest BCUT2D eigenvalue weighted by molar-refractivity contribution is 5.16. The van der Waals surface area contributed by atoms with Crippen molar-refractivity contribution in [2.75, 3.05) is 13.1 Å². The maximum Gasteiger partial charge on any atom is -0.00178 e. The first-order valence-corrected chi connectivity index (χ1v) is 5.64. The zero-order chi connectivity index (χ0) is 9.80. The van der Waals surface area contributed by atoms with Crippen LogP contribution in [0.5, 0.6) is 0 Å². The molecular formula is C13H19N. The van der Waals surface area contributed by atoms with E-state index in [1.807, 2.05) is 0 Å². The van der Waals surface area contributed by atoms with Crippen LogP contribution in [-0.2, 0) is 6.42 Å². The zero-order valence-corrected chi connectivity index (χ0v) is 8.87. The molecule has 0 radical (unpaired) electrons. The summed E-state index contributed by atoms with van der Waals surface area (Å²) in [6.07, 6.45) is 2.69. The minimum atomic E-state index is 0.940. The Morgan fingerprint density at radius 2 is 2.00 bits per heavy atom. The highest BCUT2D eigenvalue weighted by Gasteiger charge is 2.35. The SMILES string of the molecule is CCNCC1CC1Cc1ccccc1. The minimum Gasteiger partial charge on any atom is -0.317 e. The molecule has 2 atom stereocenters. The Hall–Kier alpha value is -0.820. The van der Waals surface area contributed by atoms with Crippen LogP contribution in [0.15, 0.2) is 30.3 Å². The van der Waals surface area contributed by atoms with Gasteiger partial charge in [0.15, 0.2) is 0 Å². The molecule has 0 aromatic heterocycles. The van der Waals surface area contributed by atoms with E-state index in [4.69, 9.17) is 0 Å². The monoisotopic (exact) mass is 189 g/mol.